The number of nitrogens with zero attached hydrogens (tertiary/aromatic N) is 2. The molecule has 0 bridgehead atoms. The Labute approximate surface area is 199 Å². The number of morpholine rings is 1. The second-order valence-electron chi connectivity index (χ2n) is 7.36. The molecular formula is C21H27BrN4O7. The zero-order valence-electron chi connectivity index (χ0n) is 18.3. The molecule has 0 radical (unpaired) electrons. The molecule has 3 rings (SSSR count). The molecule has 2 N–H and O–H groups in total. The minimum atomic E-state index is -0.878. The van der Waals surface area contributed by atoms with Crippen molar-refractivity contribution in [1.29, 1.82) is 0 Å². The topological polar surface area (TPSA) is 128 Å². The monoisotopic (exact) mass is 526 g/mol. The van der Waals surface area contributed by atoms with E-state index < -0.39 is 11.8 Å². The van der Waals surface area contributed by atoms with Gasteiger partial charge in [-0.15, -0.1) is 0 Å². The lowest BCUT2D eigenvalue weighted by Crippen LogP contribution is -2.43. The highest BCUT2D eigenvalue weighted by Gasteiger charge is 2.20. The van der Waals surface area contributed by atoms with Crippen LogP contribution in [0.25, 0.3) is 0 Å². The summed E-state index contributed by atoms with van der Waals surface area (Å²) in [6, 6.07) is 3.32. The molecule has 2 fully saturated rings. The second kappa shape index (κ2) is 12.5. The van der Waals surface area contributed by atoms with Crippen molar-refractivity contribution in [3.8, 4) is 11.5 Å². The molecule has 0 spiro atoms. The van der Waals surface area contributed by atoms with Crippen LogP contribution in [0.1, 0.15) is 18.4 Å². The van der Waals surface area contributed by atoms with Crippen molar-refractivity contribution in [1.82, 2.24) is 15.6 Å². The molecule has 33 heavy (non-hydrogen) atoms. The smallest absolute Gasteiger partial charge is 0.329 e. The first kappa shape index (κ1) is 24.9. The largest absolute Gasteiger partial charge is 0.493 e. The molecule has 0 aromatic heterocycles. The average Bonchev–Trinajstić information content (AvgIpc) is 3.35. The van der Waals surface area contributed by atoms with Crippen molar-refractivity contribution in [2.24, 2.45) is 5.10 Å². The van der Waals surface area contributed by atoms with Crippen LogP contribution in [-0.2, 0) is 23.9 Å². The molecule has 2 aliphatic heterocycles. The van der Waals surface area contributed by atoms with E-state index in [1.807, 2.05) is 0 Å². The lowest BCUT2D eigenvalue weighted by molar-refractivity contribution is -0.139. The summed E-state index contributed by atoms with van der Waals surface area (Å²) < 4.78 is 22.2. The Morgan fingerprint density at radius 2 is 2.03 bits per heavy atom. The van der Waals surface area contributed by atoms with Gasteiger partial charge in [0.05, 0.1) is 37.1 Å². The molecule has 0 unspecified atom stereocenters. The average molecular weight is 527 g/mol. The van der Waals surface area contributed by atoms with Crippen LogP contribution in [0.3, 0.4) is 0 Å². The van der Waals surface area contributed by atoms with Crippen LogP contribution in [-0.4, -0.2) is 88.1 Å². The normalized spacial score (nSPS) is 18.2. The molecule has 180 valence electrons. The van der Waals surface area contributed by atoms with E-state index in [1.54, 1.807) is 17.0 Å². The SMILES string of the molecule is COc1cc(/C=N\NC(=O)C(=O)NC[C@@H]2CCCO2)cc(Br)c1OCC(=O)N1CCOCC1. The molecule has 1 aromatic rings. The van der Waals surface area contributed by atoms with E-state index >= 15 is 0 Å². The van der Waals surface area contributed by atoms with Crippen LogP contribution >= 0.6 is 15.9 Å². The minimum Gasteiger partial charge on any atom is -0.493 e. The predicted octanol–water partition coefficient (Wildman–Crippen LogP) is 0.441. The summed E-state index contributed by atoms with van der Waals surface area (Å²) in [4.78, 5) is 37.7. The van der Waals surface area contributed by atoms with Crippen LogP contribution in [0.5, 0.6) is 11.5 Å². The summed E-state index contributed by atoms with van der Waals surface area (Å²) >= 11 is 3.41. The molecule has 0 saturated carbocycles. The highest BCUT2D eigenvalue weighted by atomic mass is 79.9. The first-order chi connectivity index (χ1) is 16.0. The number of benzene rings is 1. The van der Waals surface area contributed by atoms with Gasteiger partial charge in [0.1, 0.15) is 0 Å². The van der Waals surface area contributed by atoms with E-state index in [4.69, 9.17) is 18.9 Å². The van der Waals surface area contributed by atoms with Gasteiger partial charge in [0.25, 0.3) is 5.91 Å². The molecule has 2 aliphatic rings. The molecule has 1 atom stereocenters. The van der Waals surface area contributed by atoms with Crippen molar-refractivity contribution in [3.63, 3.8) is 0 Å². The van der Waals surface area contributed by atoms with Crippen LogP contribution in [0, 0.1) is 0 Å². The number of carbonyl (C=O) groups is 3. The fraction of sp³-hybridized carbons (Fsp3) is 0.524. The van der Waals surface area contributed by atoms with Gasteiger partial charge in [0.2, 0.25) is 0 Å². The number of hydrogen-bond donors (Lipinski definition) is 2. The number of nitrogens with one attached hydrogen (secondary N) is 2. The lowest BCUT2D eigenvalue weighted by atomic mass is 10.2. The molecular weight excluding hydrogens is 500 g/mol. The Kier molecular flexibility index (Phi) is 9.46. The van der Waals surface area contributed by atoms with Crippen LogP contribution in [0.2, 0.25) is 0 Å². The van der Waals surface area contributed by atoms with Gasteiger partial charge < -0.3 is 29.2 Å². The van der Waals surface area contributed by atoms with Crippen LogP contribution in [0.15, 0.2) is 21.7 Å². The number of amides is 3. The summed E-state index contributed by atoms with van der Waals surface area (Å²) in [5.74, 6) is -1.06. The molecule has 2 heterocycles. The van der Waals surface area contributed by atoms with E-state index in [0.29, 0.717) is 54.4 Å². The van der Waals surface area contributed by atoms with Gasteiger partial charge in [0.15, 0.2) is 18.1 Å². The first-order valence-electron chi connectivity index (χ1n) is 10.6. The fourth-order valence-corrected chi connectivity index (χ4v) is 3.87. The Hall–Kier alpha value is -2.70. The van der Waals surface area contributed by atoms with Crippen molar-refractivity contribution < 1.29 is 33.3 Å². The Morgan fingerprint density at radius 3 is 2.73 bits per heavy atom. The Balaban J connectivity index is 1.52. The van der Waals surface area contributed by atoms with E-state index in [9.17, 15) is 14.4 Å². The summed E-state index contributed by atoms with van der Waals surface area (Å²) in [5, 5.41) is 6.34. The number of ether oxygens (including phenoxy) is 4. The number of hydrogen-bond acceptors (Lipinski definition) is 8. The van der Waals surface area contributed by atoms with E-state index in [0.717, 1.165) is 12.8 Å². The second-order valence-corrected chi connectivity index (χ2v) is 8.21. The van der Waals surface area contributed by atoms with Gasteiger partial charge in [-0.05, 0) is 46.5 Å². The number of hydrazone groups is 1. The van der Waals surface area contributed by atoms with Gasteiger partial charge in [-0.25, -0.2) is 5.43 Å². The van der Waals surface area contributed by atoms with Crippen molar-refractivity contribution in [2.75, 3.05) is 53.2 Å². The van der Waals surface area contributed by atoms with E-state index in [2.05, 4.69) is 31.8 Å². The van der Waals surface area contributed by atoms with Crippen LogP contribution < -0.4 is 20.2 Å². The maximum Gasteiger partial charge on any atom is 0.329 e. The maximum atomic E-state index is 12.3. The third-order valence-electron chi connectivity index (χ3n) is 5.06. The van der Waals surface area contributed by atoms with Crippen molar-refractivity contribution in [2.45, 2.75) is 18.9 Å². The number of methoxy groups -OCH3 is 1. The quantitative estimate of drug-likeness (QED) is 0.285. The summed E-state index contributed by atoms with van der Waals surface area (Å²) in [7, 11) is 1.47. The third-order valence-corrected chi connectivity index (χ3v) is 5.64. The minimum absolute atomic E-state index is 0.0556. The molecule has 2 saturated heterocycles. The molecule has 1 aromatic carbocycles. The number of rotatable bonds is 8. The maximum absolute atomic E-state index is 12.3. The molecule has 0 aliphatic carbocycles. The summed E-state index contributed by atoms with van der Waals surface area (Å²) in [5.41, 5.74) is 2.76. The zero-order valence-corrected chi connectivity index (χ0v) is 19.9. The number of halogens is 1. The van der Waals surface area contributed by atoms with Gasteiger partial charge in [-0.1, -0.05) is 0 Å². The third kappa shape index (κ3) is 7.41. The molecule has 11 nitrogen and oxygen atoms in total. The summed E-state index contributed by atoms with van der Waals surface area (Å²) in [6.07, 6.45) is 3.11. The van der Waals surface area contributed by atoms with E-state index in [-0.39, 0.29) is 25.2 Å². The lowest BCUT2D eigenvalue weighted by Gasteiger charge is -2.26. The number of carbonyl (C=O) groups excluding carboxylic acids is 3. The van der Waals surface area contributed by atoms with Crippen molar-refractivity contribution >= 4 is 39.9 Å². The highest BCUT2D eigenvalue weighted by Crippen LogP contribution is 2.36. The highest BCUT2D eigenvalue weighted by molar-refractivity contribution is 9.10. The standard InChI is InChI=1S/C21H27BrN4O7/c1-30-17-10-14(11-24-25-21(29)20(28)23-12-15-3-2-6-32-15)9-16(22)19(17)33-13-18(27)26-4-7-31-8-5-26/h9-11,15H,2-8,12-13H2,1H3,(H,23,28)(H,25,29)/b24-11-/t15-/m0/s1. The first-order valence-corrected chi connectivity index (χ1v) is 11.4. The molecule has 12 heteroatoms. The molecule has 3 amide bonds. The van der Waals surface area contributed by atoms with Crippen LogP contribution in [0.4, 0.5) is 0 Å². The zero-order chi connectivity index (χ0) is 23.6. The summed E-state index contributed by atoms with van der Waals surface area (Å²) in [6.45, 7) is 2.92. The van der Waals surface area contributed by atoms with Gasteiger partial charge in [-0.3, -0.25) is 14.4 Å². The van der Waals surface area contributed by atoms with Gasteiger partial charge in [-0.2, -0.15) is 5.10 Å². The Morgan fingerprint density at radius 1 is 1.24 bits per heavy atom. The predicted molar refractivity (Wildman–Crippen MR) is 121 cm³/mol. The fourth-order valence-electron chi connectivity index (χ4n) is 3.30. The van der Waals surface area contributed by atoms with Gasteiger partial charge >= 0.3 is 11.8 Å². The van der Waals surface area contributed by atoms with Gasteiger partial charge in [0, 0.05) is 26.2 Å². The van der Waals surface area contributed by atoms with Crippen molar-refractivity contribution in [3.05, 3.63) is 22.2 Å². The Bertz CT molecular complexity index is 884. The van der Waals surface area contributed by atoms with E-state index in [1.165, 1.54) is 13.3 Å².